The summed E-state index contributed by atoms with van der Waals surface area (Å²) < 4.78 is 0. The van der Waals surface area contributed by atoms with Crippen LogP contribution >= 0.6 is 0 Å². The topological polar surface area (TPSA) is 12.0 Å². The molecule has 0 saturated carbocycles. The van der Waals surface area contributed by atoms with Gasteiger partial charge in [-0.2, -0.15) is 0 Å². The lowest BCUT2D eigenvalue weighted by molar-refractivity contribution is 0.565. The fourth-order valence-electron chi connectivity index (χ4n) is 2.76. The van der Waals surface area contributed by atoms with Crippen LogP contribution in [0.25, 0.3) is 0 Å². The van der Waals surface area contributed by atoms with Gasteiger partial charge in [0.2, 0.25) is 0 Å². The van der Waals surface area contributed by atoms with Gasteiger partial charge in [-0.1, -0.05) is 48.5 Å². The number of nitrogens with one attached hydrogen (secondary N) is 1. The van der Waals surface area contributed by atoms with E-state index in [-0.39, 0.29) is 0 Å². The number of rotatable bonds is 1. The maximum absolute atomic E-state index is 3.63. The Kier molecular flexibility index (Phi) is 2.69. The summed E-state index contributed by atoms with van der Waals surface area (Å²) in [4.78, 5) is 0. The SMILES string of the molecule is Cc1cccc2c1[C@H](c1ccccc1)NCC2. The molecule has 1 aliphatic rings. The van der Waals surface area contributed by atoms with Gasteiger partial charge in [0.25, 0.3) is 0 Å². The highest BCUT2D eigenvalue weighted by atomic mass is 14.9. The third kappa shape index (κ3) is 1.87. The summed E-state index contributed by atoms with van der Waals surface area (Å²) >= 11 is 0. The molecule has 0 fully saturated rings. The minimum absolute atomic E-state index is 0.362. The largest absolute Gasteiger partial charge is 0.306 e. The molecule has 0 bridgehead atoms. The summed E-state index contributed by atoms with van der Waals surface area (Å²) in [6.07, 6.45) is 1.14. The summed E-state index contributed by atoms with van der Waals surface area (Å²) in [6, 6.07) is 17.7. The summed E-state index contributed by atoms with van der Waals surface area (Å²) in [6.45, 7) is 3.28. The van der Waals surface area contributed by atoms with E-state index in [1.807, 2.05) is 0 Å². The van der Waals surface area contributed by atoms with Gasteiger partial charge in [-0.15, -0.1) is 0 Å². The molecule has 0 amide bonds. The van der Waals surface area contributed by atoms with Gasteiger partial charge in [0.1, 0.15) is 0 Å². The molecule has 1 atom stereocenters. The van der Waals surface area contributed by atoms with Crippen LogP contribution in [0.3, 0.4) is 0 Å². The lowest BCUT2D eigenvalue weighted by Gasteiger charge is -2.29. The average molecular weight is 223 g/mol. The number of hydrogen-bond donors (Lipinski definition) is 1. The van der Waals surface area contributed by atoms with Gasteiger partial charge in [-0.05, 0) is 35.6 Å². The van der Waals surface area contributed by atoms with Crippen LogP contribution in [-0.4, -0.2) is 6.54 Å². The predicted octanol–water partition coefficient (Wildman–Crippen LogP) is 3.23. The minimum atomic E-state index is 0.362. The second-order valence-corrected chi connectivity index (χ2v) is 4.70. The second kappa shape index (κ2) is 4.34. The van der Waals surface area contributed by atoms with Crippen molar-refractivity contribution >= 4 is 0 Å². The molecule has 1 nitrogen and oxygen atoms in total. The summed E-state index contributed by atoms with van der Waals surface area (Å²) in [7, 11) is 0. The maximum atomic E-state index is 3.63. The van der Waals surface area contributed by atoms with Gasteiger partial charge in [0, 0.05) is 6.54 Å². The van der Waals surface area contributed by atoms with Gasteiger partial charge in [0.15, 0.2) is 0 Å². The minimum Gasteiger partial charge on any atom is -0.306 e. The molecule has 0 aromatic heterocycles. The van der Waals surface area contributed by atoms with E-state index in [4.69, 9.17) is 0 Å². The fraction of sp³-hybridized carbons (Fsp3) is 0.250. The van der Waals surface area contributed by atoms with Gasteiger partial charge in [-0.25, -0.2) is 0 Å². The average Bonchev–Trinajstić information content (AvgIpc) is 2.39. The molecule has 1 heteroatoms. The van der Waals surface area contributed by atoms with Crippen molar-refractivity contribution in [2.75, 3.05) is 6.54 Å². The lowest BCUT2D eigenvalue weighted by Crippen LogP contribution is -2.31. The quantitative estimate of drug-likeness (QED) is 0.782. The highest BCUT2D eigenvalue weighted by Gasteiger charge is 2.22. The normalized spacial score (nSPS) is 18.8. The Labute approximate surface area is 102 Å². The molecule has 1 heterocycles. The molecule has 2 aromatic rings. The van der Waals surface area contributed by atoms with Crippen molar-refractivity contribution in [1.29, 1.82) is 0 Å². The Balaban J connectivity index is 2.11. The van der Waals surface area contributed by atoms with Crippen LogP contribution in [0.15, 0.2) is 48.5 Å². The molecule has 0 unspecified atom stereocenters. The first-order chi connectivity index (χ1) is 8.36. The molecule has 1 N–H and O–H groups in total. The van der Waals surface area contributed by atoms with E-state index in [1.54, 1.807) is 0 Å². The zero-order valence-corrected chi connectivity index (χ0v) is 10.1. The first-order valence-electron chi connectivity index (χ1n) is 6.23. The predicted molar refractivity (Wildman–Crippen MR) is 71.2 cm³/mol. The Bertz CT molecular complexity index is 516. The smallest absolute Gasteiger partial charge is 0.0582 e. The molecule has 17 heavy (non-hydrogen) atoms. The van der Waals surface area contributed by atoms with Crippen molar-refractivity contribution in [3.8, 4) is 0 Å². The number of fused-ring (bicyclic) bond motifs is 1. The molecule has 0 aliphatic carbocycles. The van der Waals surface area contributed by atoms with Crippen LogP contribution in [0, 0.1) is 6.92 Å². The van der Waals surface area contributed by atoms with Crippen molar-refractivity contribution in [3.63, 3.8) is 0 Å². The standard InChI is InChI=1S/C16H17N/c1-12-6-5-9-13-10-11-17-16(15(12)13)14-7-3-2-4-8-14/h2-9,16-17H,10-11H2,1H3/t16-/m0/s1. The van der Waals surface area contributed by atoms with Crippen molar-refractivity contribution in [2.45, 2.75) is 19.4 Å². The highest BCUT2D eigenvalue weighted by Crippen LogP contribution is 2.30. The van der Waals surface area contributed by atoms with Crippen LogP contribution in [0.1, 0.15) is 28.3 Å². The summed E-state index contributed by atoms with van der Waals surface area (Å²) in [5, 5.41) is 3.63. The molecular formula is C16H17N. The van der Waals surface area contributed by atoms with E-state index in [2.05, 4.69) is 60.8 Å². The van der Waals surface area contributed by atoms with Crippen LogP contribution in [0.4, 0.5) is 0 Å². The van der Waals surface area contributed by atoms with Crippen molar-refractivity contribution in [3.05, 3.63) is 70.8 Å². The molecule has 2 aromatic carbocycles. The van der Waals surface area contributed by atoms with Crippen LogP contribution < -0.4 is 5.32 Å². The molecule has 0 saturated heterocycles. The molecule has 86 valence electrons. The van der Waals surface area contributed by atoms with Crippen LogP contribution in [-0.2, 0) is 6.42 Å². The van der Waals surface area contributed by atoms with E-state index < -0.39 is 0 Å². The summed E-state index contributed by atoms with van der Waals surface area (Å²) in [5.41, 5.74) is 5.73. The van der Waals surface area contributed by atoms with E-state index in [1.165, 1.54) is 22.3 Å². The number of benzene rings is 2. The first-order valence-corrected chi connectivity index (χ1v) is 6.23. The summed E-state index contributed by atoms with van der Waals surface area (Å²) in [5.74, 6) is 0. The molecular weight excluding hydrogens is 206 g/mol. The Morgan fingerprint density at radius 1 is 1.00 bits per heavy atom. The van der Waals surface area contributed by atoms with E-state index >= 15 is 0 Å². The van der Waals surface area contributed by atoms with Gasteiger partial charge < -0.3 is 5.32 Å². The Morgan fingerprint density at radius 2 is 1.82 bits per heavy atom. The van der Waals surface area contributed by atoms with Gasteiger partial charge >= 0.3 is 0 Å². The molecule has 3 rings (SSSR count). The van der Waals surface area contributed by atoms with Gasteiger partial charge in [-0.3, -0.25) is 0 Å². The highest BCUT2D eigenvalue weighted by molar-refractivity contribution is 5.44. The van der Waals surface area contributed by atoms with Gasteiger partial charge in [0.05, 0.1) is 6.04 Å². The van der Waals surface area contributed by atoms with E-state index in [0.717, 1.165) is 13.0 Å². The molecule has 1 aliphatic heterocycles. The van der Waals surface area contributed by atoms with Crippen molar-refractivity contribution in [2.24, 2.45) is 0 Å². The fourth-order valence-corrected chi connectivity index (χ4v) is 2.76. The third-order valence-corrected chi connectivity index (χ3v) is 3.58. The van der Waals surface area contributed by atoms with Crippen LogP contribution in [0.5, 0.6) is 0 Å². The van der Waals surface area contributed by atoms with Crippen molar-refractivity contribution in [1.82, 2.24) is 5.32 Å². The molecule has 0 spiro atoms. The van der Waals surface area contributed by atoms with Crippen molar-refractivity contribution < 1.29 is 0 Å². The zero-order chi connectivity index (χ0) is 11.7. The van der Waals surface area contributed by atoms with E-state index in [0.29, 0.717) is 6.04 Å². The number of hydrogen-bond acceptors (Lipinski definition) is 1. The Morgan fingerprint density at radius 3 is 2.65 bits per heavy atom. The monoisotopic (exact) mass is 223 g/mol. The lowest BCUT2D eigenvalue weighted by atomic mass is 9.87. The zero-order valence-electron chi connectivity index (χ0n) is 10.1. The maximum Gasteiger partial charge on any atom is 0.0582 e. The van der Waals surface area contributed by atoms with Crippen LogP contribution in [0.2, 0.25) is 0 Å². The second-order valence-electron chi connectivity index (χ2n) is 4.70. The first kappa shape index (κ1) is 10.5. The Hall–Kier alpha value is -1.60. The third-order valence-electron chi connectivity index (χ3n) is 3.58. The van der Waals surface area contributed by atoms with E-state index in [9.17, 15) is 0 Å². The molecule has 0 radical (unpaired) electrons. The number of aryl methyl sites for hydroxylation is 1.